The number of rotatable bonds is 4. The van der Waals surface area contributed by atoms with Crippen LogP contribution >= 0.6 is 0 Å². The number of benzene rings is 3. The Labute approximate surface area is 217 Å². The number of esters is 2. The normalized spacial score (nSPS) is 13.6. The number of likely N-dealkylation sites (N-methyl/N-ethyl adjacent to an activating group) is 1. The fourth-order valence-corrected chi connectivity index (χ4v) is 4.42. The summed E-state index contributed by atoms with van der Waals surface area (Å²) < 4.78 is 23.0. The summed E-state index contributed by atoms with van der Waals surface area (Å²) >= 11 is 0. The lowest BCUT2D eigenvalue weighted by Crippen LogP contribution is -2.27. The van der Waals surface area contributed by atoms with Crippen molar-refractivity contribution in [2.45, 2.75) is 48.0 Å². The highest BCUT2D eigenvalue weighted by molar-refractivity contribution is 6.22. The van der Waals surface area contributed by atoms with E-state index >= 15 is 0 Å². The molecule has 0 bridgehead atoms. The third kappa shape index (κ3) is 4.49. The van der Waals surface area contributed by atoms with Crippen LogP contribution in [0.15, 0.2) is 18.2 Å². The van der Waals surface area contributed by atoms with Crippen LogP contribution in [0.4, 0.5) is 5.69 Å². The second-order valence-corrected chi connectivity index (χ2v) is 11.5. The number of hydrogen-bond acceptors (Lipinski definition) is 8. The molecule has 0 atom stereocenters. The first-order valence-electron chi connectivity index (χ1n) is 12.2. The van der Waals surface area contributed by atoms with Crippen LogP contribution in [0.1, 0.15) is 47.1 Å². The van der Waals surface area contributed by atoms with Gasteiger partial charge in [0.05, 0.1) is 30.7 Å². The third-order valence-electron chi connectivity index (χ3n) is 6.55. The summed E-state index contributed by atoms with van der Waals surface area (Å²) in [4.78, 5) is 27.5. The lowest BCUT2D eigenvalue weighted by atomic mass is 9.90. The van der Waals surface area contributed by atoms with Gasteiger partial charge in [0.15, 0.2) is 23.0 Å². The molecule has 37 heavy (non-hydrogen) atoms. The van der Waals surface area contributed by atoms with Gasteiger partial charge in [-0.05, 0) is 71.7 Å². The Bertz CT molecular complexity index is 1430. The number of aromatic hydroxyl groups is 1. The Kier molecular flexibility index (Phi) is 6.42. The van der Waals surface area contributed by atoms with Gasteiger partial charge in [-0.25, -0.2) is 0 Å². The van der Waals surface area contributed by atoms with Crippen LogP contribution in [0.25, 0.3) is 21.5 Å². The summed E-state index contributed by atoms with van der Waals surface area (Å²) in [7, 11) is 4.92. The van der Waals surface area contributed by atoms with E-state index < -0.39 is 16.8 Å². The first-order valence-corrected chi connectivity index (χ1v) is 12.2. The summed E-state index contributed by atoms with van der Waals surface area (Å²) in [6.07, 6.45) is 0.688. The number of anilines is 1. The zero-order chi connectivity index (χ0) is 27.4. The summed E-state index contributed by atoms with van der Waals surface area (Å²) in [5.41, 5.74) is 0.116. The van der Waals surface area contributed by atoms with Crippen LogP contribution in [-0.4, -0.2) is 44.9 Å². The molecule has 0 fully saturated rings. The highest BCUT2D eigenvalue weighted by Gasteiger charge is 2.32. The Morgan fingerprint density at radius 2 is 1.38 bits per heavy atom. The van der Waals surface area contributed by atoms with Gasteiger partial charge in [-0.1, -0.05) is 0 Å². The van der Waals surface area contributed by atoms with Gasteiger partial charge in [-0.15, -0.1) is 0 Å². The molecule has 1 aliphatic rings. The van der Waals surface area contributed by atoms with E-state index in [1.807, 2.05) is 18.0 Å². The molecule has 0 saturated carbocycles. The second-order valence-electron chi connectivity index (χ2n) is 11.5. The Hall–Kier alpha value is -3.68. The van der Waals surface area contributed by atoms with Crippen molar-refractivity contribution in [3.63, 3.8) is 0 Å². The molecular formula is C29H35NO7. The number of hydrogen-bond donors (Lipinski definition) is 1. The number of carbonyl (C=O) groups is 2. The fourth-order valence-electron chi connectivity index (χ4n) is 4.42. The van der Waals surface area contributed by atoms with Crippen LogP contribution in [0.2, 0.25) is 0 Å². The monoisotopic (exact) mass is 509 g/mol. The standard InChI is InChI=1S/C29H35NO7/c1-28(2,3)26(32)36-19-14-17-16(13-18(19)34-8)22-21-15(10-11-30(7)23(21)24(17)31)12-20(25(22)35-9)37-27(33)29(4,5)6/h12-14,31H,10-11H2,1-9H3. The van der Waals surface area contributed by atoms with E-state index in [0.29, 0.717) is 52.1 Å². The van der Waals surface area contributed by atoms with Crippen LogP contribution in [0, 0.1) is 10.8 Å². The molecule has 3 aromatic carbocycles. The van der Waals surface area contributed by atoms with E-state index in [2.05, 4.69) is 0 Å². The molecule has 0 radical (unpaired) electrons. The summed E-state index contributed by atoms with van der Waals surface area (Å²) in [5.74, 6) is 0.453. The van der Waals surface area contributed by atoms with Gasteiger partial charge >= 0.3 is 11.9 Å². The van der Waals surface area contributed by atoms with Crippen molar-refractivity contribution >= 4 is 39.2 Å². The first kappa shape index (κ1) is 26.4. The molecule has 0 amide bonds. The summed E-state index contributed by atoms with van der Waals surface area (Å²) in [5, 5.41) is 14.1. The highest BCUT2D eigenvalue weighted by atomic mass is 16.6. The molecule has 1 N–H and O–H groups in total. The van der Waals surface area contributed by atoms with E-state index in [0.717, 1.165) is 10.9 Å². The number of phenols is 1. The molecule has 1 aliphatic heterocycles. The minimum Gasteiger partial charge on any atom is -0.505 e. The smallest absolute Gasteiger partial charge is 0.316 e. The molecular weight excluding hydrogens is 474 g/mol. The quantitative estimate of drug-likeness (QED) is 0.275. The highest BCUT2D eigenvalue weighted by Crippen LogP contribution is 2.53. The molecule has 1 heterocycles. The minimum atomic E-state index is -0.735. The molecule has 0 saturated heterocycles. The van der Waals surface area contributed by atoms with Crippen molar-refractivity contribution in [2.24, 2.45) is 10.8 Å². The second kappa shape index (κ2) is 9.01. The maximum Gasteiger partial charge on any atom is 0.316 e. The SMILES string of the molecule is COc1cc2c(cc1OC(=O)C(C)(C)C)c(O)c1c3c(cc(OC(=O)C(C)(C)C)c(OC)c32)CCN1C. The van der Waals surface area contributed by atoms with Crippen molar-refractivity contribution in [3.05, 3.63) is 23.8 Å². The molecule has 0 aromatic heterocycles. The number of methoxy groups -OCH3 is 2. The van der Waals surface area contributed by atoms with Crippen LogP contribution in [-0.2, 0) is 16.0 Å². The van der Waals surface area contributed by atoms with Crippen LogP contribution in [0.3, 0.4) is 0 Å². The van der Waals surface area contributed by atoms with Crippen molar-refractivity contribution in [3.8, 4) is 28.7 Å². The van der Waals surface area contributed by atoms with Crippen molar-refractivity contribution in [1.82, 2.24) is 0 Å². The molecule has 8 nitrogen and oxygen atoms in total. The number of carbonyl (C=O) groups excluding carboxylic acids is 2. The molecule has 0 unspecified atom stereocenters. The number of ether oxygens (including phenoxy) is 4. The molecule has 4 rings (SSSR count). The van der Waals surface area contributed by atoms with E-state index in [1.165, 1.54) is 14.2 Å². The maximum absolute atomic E-state index is 12.8. The molecule has 3 aromatic rings. The van der Waals surface area contributed by atoms with Gasteiger partial charge in [0.25, 0.3) is 0 Å². The van der Waals surface area contributed by atoms with Gasteiger partial charge < -0.3 is 29.0 Å². The van der Waals surface area contributed by atoms with E-state index in [1.54, 1.807) is 53.7 Å². The molecule has 198 valence electrons. The lowest BCUT2D eigenvalue weighted by Gasteiger charge is -2.31. The van der Waals surface area contributed by atoms with E-state index in [9.17, 15) is 14.7 Å². The van der Waals surface area contributed by atoms with Gasteiger partial charge in [0.1, 0.15) is 5.75 Å². The number of nitrogens with zero attached hydrogens (tertiary/aromatic N) is 1. The first-order chi connectivity index (χ1) is 17.2. The predicted molar refractivity (Wildman–Crippen MR) is 143 cm³/mol. The van der Waals surface area contributed by atoms with Crippen molar-refractivity contribution in [2.75, 3.05) is 32.7 Å². The van der Waals surface area contributed by atoms with Gasteiger partial charge in [0, 0.05) is 35.1 Å². The van der Waals surface area contributed by atoms with Gasteiger partial charge in [0.2, 0.25) is 0 Å². The van der Waals surface area contributed by atoms with E-state index in [-0.39, 0.29) is 17.5 Å². The predicted octanol–water partition coefficient (Wildman–Crippen LogP) is 5.61. The average molecular weight is 510 g/mol. The average Bonchev–Trinajstić information content (AvgIpc) is 2.81. The topological polar surface area (TPSA) is 94.5 Å². The van der Waals surface area contributed by atoms with Crippen molar-refractivity contribution in [1.29, 1.82) is 0 Å². The fraction of sp³-hybridized carbons (Fsp3) is 0.448. The Morgan fingerprint density at radius 1 is 0.811 bits per heavy atom. The number of fused-ring (bicyclic) bond motifs is 2. The Balaban J connectivity index is 2.10. The minimum absolute atomic E-state index is 0.0585. The van der Waals surface area contributed by atoms with Crippen LogP contribution < -0.4 is 23.8 Å². The van der Waals surface area contributed by atoms with Crippen LogP contribution in [0.5, 0.6) is 28.7 Å². The Morgan fingerprint density at radius 3 is 1.92 bits per heavy atom. The molecule has 8 heteroatoms. The summed E-state index contributed by atoms with van der Waals surface area (Å²) in [6, 6.07) is 5.15. The van der Waals surface area contributed by atoms with Gasteiger partial charge in [-0.3, -0.25) is 9.59 Å². The third-order valence-corrected chi connectivity index (χ3v) is 6.55. The zero-order valence-electron chi connectivity index (χ0n) is 23.0. The van der Waals surface area contributed by atoms with E-state index in [4.69, 9.17) is 18.9 Å². The maximum atomic E-state index is 12.8. The number of phenolic OH excluding ortho intramolecular Hbond substituents is 1. The largest absolute Gasteiger partial charge is 0.505 e. The van der Waals surface area contributed by atoms with Gasteiger partial charge in [-0.2, -0.15) is 0 Å². The lowest BCUT2D eigenvalue weighted by molar-refractivity contribution is -0.143. The molecule has 0 spiro atoms. The summed E-state index contributed by atoms with van der Waals surface area (Å²) in [6.45, 7) is 11.3. The zero-order valence-corrected chi connectivity index (χ0v) is 23.0. The van der Waals surface area contributed by atoms with Crippen molar-refractivity contribution < 1.29 is 33.6 Å². The molecule has 0 aliphatic carbocycles.